The van der Waals surface area contributed by atoms with E-state index < -0.39 is 5.97 Å². The maximum atomic E-state index is 10.6. The highest BCUT2D eigenvalue weighted by Gasteiger charge is 2.16. The van der Waals surface area contributed by atoms with Crippen LogP contribution in [-0.2, 0) is 4.79 Å². The van der Waals surface area contributed by atoms with Gasteiger partial charge in [0, 0.05) is 6.04 Å². The number of carbonyl (C=O) groups is 1. The fraction of sp³-hybridized carbons (Fsp3) is 0.938. The molecular formula is C16H31NO2. The summed E-state index contributed by atoms with van der Waals surface area (Å²) in [6.07, 6.45) is 13.6. The Morgan fingerprint density at radius 2 is 1.89 bits per heavy atom. The molecular weight excluding hydrogens is 238 g/mol. The Bertz CT molecular complexity index is 249. The van der Waals surface area contributed by atoms with Gasteiger partial charge in [-0.2, -0.15) is 0 Å². The summed E-state index contributed by atoms with van der Waals surface area (Å²) in [4.78, 5) is 10.6. The molecule has 0 aromatic heterocycles. The Kier molecular flexibility index (Phi) is 8.11. The van der Waals surface area contributed by atoms with Crippen LogP contribution < -0.4 is 5.73 Å². The van der Waals surface area contributed by atoms with Crippen LogP contribution in [0.5, 0.6) is 0 Å². The Morgan fingerprint density at radius 3 is 2.53 bits per heavy atom. The zero-order chi connectivity index (χ0) is 14.1. The number of hydrogen-bond acceptors (Lipinski definition) is 2. The van der Waals surface area contributed by atoms with Crippen molar-refractivity contribution in [2.45, 2.75) is 83.6 Å². The second kappa shape index (κ2) is 9.35. The van der Waals surface area contributed by atoms with Gasteiger partial charge in [-0.3, -0.25) is 4.79 Å². The van der Waals surface area contributed by atoms with Crippen LogP contribution in [0, 0.1) is 11.8 Å². The average Bonchev–Trinajstić information content (AvgIpc) is 2.38. The Balaban J connectivity index is 1.98. The fourth-order valence-electron chi connectivity index (χ4n) is 3.17. The van der Waals surface area contributed by atoms with Gasteiger partial charge in [-0.15, -0.1) is 0 Å². The maximum Gasteiger partial charge on any atom is 0.304 e. The number of hydrogen-bond donors (Lipinski definition) is 2. The topological polar surface area (TPSA) is 63.3 Å². The number of nitrogens with two attached hydrogens (primary N) is 1. The molecule has 0 amide bonds. The molecule has 1 rings (SSSR count). The lowest BCUT2D eigenvalue weighted by Crippen LogP contribution is -2.30. The zero-order valence-electron chi connectivity index (χ0n) is 12.4. The highest BCUT2D eigenvalue weighted by Crippen LogP contribution is 2.28. The lowest BCUT2D eigenvalue weighted by atomic mass is 9.85. The number of aliphatic carboxylic acids is 1. The predicted octanol–water partition coefficient (Wildman–Crippen LogP) is 3.96. The predicted molar refractivity (Wildman–Crippen MR) is 79.1 cm³/mol. The van der Waals surface area contributed by atoms with Gasteiger partial charge in [0.2, 0.25) is 0 Å². The van der Waals surface area contributed by atoms with Crippen LogP contribution in [0.2, 0.25) is 0 Å². The van der Waals surface area contributed by atoms with Gasteiger partial charge in [-0.25, -0.2) is 0 Å². The number of carboxylic acid groups (broad SMARTS) is 1. The minimum atomic E-state index is -0.781. The quantitative estimate of drug-likeness (QED) is 0.623. The molecule has 0 saturated heterocycles. The van der Waals surface area contributed by atoms with E-state index in [2.05, 4.69) is 6.92 Å². The van der Waals surface area contributed by atoms with Crippen LogP contribution in [0.4, 0.5) is 0 Å². The van der Waals surface area contributed by atoms with Crippen molar-refractivity contribution in [3.63, 3.8) is 0 Å². The third-order valence-corrected chi connectivity index (χ3v) is 4.64. The van der Waals surface area contributed by atoms with Crippen molar-refractivity contribution < 1.29 is 9.90 Å². The van der Waals surface area contributed by atoms with Gasteiger partial charge in [0.1, 0.15) is 0 Å². The minimum absolute atomic E-state index is 0.100. The van der Waals surface area contributed by atoms with Gasteiger partial charge in [-0.1, -0.05) is 64.7 Å². The molecule has 1 saturated carbocycles. The molecule has 19 heavy (non-hydrogen) atoms. The minimum Gasteiger partial charge on any atom is -0.481 e. The molecule has 3 nitrogen and oxygen atoms in total. The second-order valence-corrected chi connectivity index (χ2v) is 6.38. The van der Waals surface area contributed by atoms with Crippen molar-refractivity contribution in [1.82, 2.24) is 0 Å². The molecule has 0 radical (unpaired) electrons. The van der Waals surface area contributed by atoms with Crippen molar-refractivity contribution in [2.24, 2.45) is 17.6 Å². The molecule has 2 atom stereocenters. The smallest absolute Gasteiger partial charge is 0.304 e. The highest BCUT2D eigenvalue weighted by atomic mass is 16.4. The van der Waals surface area contributed by atoms with E-state index in [4.69, 9.17) is 10.8 Å². The summed E-state index contributed by atoms with van der Waals surface area (Å²) >= 11 is 0. The van der Waals surface area contributed by atoms with E-state index in [1.165, 1.54) is 57.8 Å². The first-order chi connectivity index (χ1) is 9.09. The van der Waals surface area contributed by atoms with Crippen LogP contribution in [-0.4, -0.2) is 17.1 Å². The lowest BCUT2D eigenvalue weighted by molar-refractivity contribution is -0.137. The van der Waals surface area contributed by atoms with E-state index in [0.29, 0.717) is 5.92 Å². The summed E-state index contributed by atoms with van der Waals surface area (Å²) in [6.45, 7) is 2.08. The molecule has 112 valence electrons. The van der Waals surface area contributed by atoms with Crippen LogP contribution in [0.3, 0.4) is 0 Å². The molecule has 3 N–H and O–H groups in total. The molecule has 0 aliphatic heterocycles. The van der Waals surface area contributed by atoms with Crippen molar-refractivity contribution in [3.05, 3.63) is 0 Å². The molecule has 3 heteroatoms. The summed E-state index contributed by atoms with van der Waals surface area (Å²) in [5.74, 6) is 0.530. The SMILES string of the molecule is C[C@H](CCCCCC1CCCCC1)[C@H](N)CC(=O)O. The van der Waals surface area contributed by atoms with E-state index in [9.17, 15) is 4.79 Å². The van der Waals surface area contributed by atoms with E-state index in [-0.39, 0.29) is 12.5 Å². The van der Waals surface area contributed by atoms with Gasteiger partial charge in [-0.05, 0) is 18.3 Å². The maximum absolute atomic E-state index is 10.6. The summed E-state index contributed by atoms with van der Waals surface area (Å²) in [6, 6.07) is -0.184. The van der Waals surface area contributed by atoms with Gasteiger partial charge >= 0.3 is 5.97 Å². The van der Waals surface area contributed by atoms with E-state index >= 15 is 0 Å². The van der Waals surface area contributed by atoms with Crippen LogP contribution in [0.25, 0.3) is 0 Å². The van der Waals surface area contributed by atoms with Crippen molar-refractivity contribution in [2.75, 3.05) is 0 Å². The summed E-state index contributed by atoms with van der Waals surface area (Å²) < 4.78 is 0. The van der Waals surface area contributed by atoms with Crippen LogP contribution in [0.15, 0.2) is 0 Å². The lowest BCUT2D eigenvalue weighted by Gasteiger charge is -2.21. The molecule has 0 heterocycles. The Morgan fingerprint density at radius 1 is 1.21 bits per heavy atom. The summed E-state index contributed by atoms with van der Waals surface area (Å²) in [5.41, 5.74) is 5.87. The summed E-state index contributed by atoms with van der Waals surface area (Å²) in [7, 11) is 0. The zero-order valence-corrected chi connectivity index (χ0v) is 12.4. The van der Waals surface area contributed by atoms with Crippen LogP contribution in [0.1, 0.15) is 77.6 Å². The molecule has 1 fully saturated rings. The fourth-order valence-corrected chi connectivity index (χ4v) is 3.17. The molecule has 1 aliphatic rings. The van der Waals surface area contributed by atoms with Gasteiger partial charge < -0.3 is 10.8 Å². The Hall–Kier alpha value is -0.570. The first-order valence-electron chi connectivity index (χ1n) is 8.07. The van der Waals surface area contributed by atoms with E-state index in [1.54, 1.807) is 0 Å². The standard InChI is InChI=1S/C16H31NO2/c1-13(15(17)12-16(18)19)8-4-2-5-9-14-10-6-3-7-11-14/h13-15H,2-12,17H2,1H3,(H,18,19)/t13-,15-/m1/s1. The molecule has 0 aromatic rings. The second-order valence-electron chi connectivity index (χ2n) is 6.38. The average molecular weight is 269 g/mol. The highest BCUT2D eigenvalue weighted by molar-refractivity contribution is 5.67. The first kappa shape index (κ1) is 16.5. The molecule has 1 aliphatic carbocycles. The largest absolute Gasteiger partial charge is 0.481 e. The normalized spacial score (nSPS) is 20.1. The molecule has 0 bridgehead atoms. The Labute approximate surface area is 118 Å². The number of rotatable bonds is 9. The van der Waals surface area contributed by atoms with Crippen molar-refractivity contribution >= 4 is 5.97 Å². The third-order valence-electron chi connectivity index (χ3n) is 4.64. The van der Waals surface area contributed by atoms with Gasteiger partial charge in [0.15, 0.2) is 0 Å². The molecule has 0 unspecified atom stereocenters. The molecule has 0 spiro atoms. The monoisotopic (exact) mass is 269 g/mol. The number of unbranched alkanes of at least 4 members (excludes halogenated alkanes) is 2. The summed E-state index contributed by atoms with van der Waals surface area (Å²) in [5, 5.41) is 8.71. The van der Waals surface area contributed by atoms with Gasteiger partial charge in [0.25, 0.3) is 0 Å². The number of carboxylic acids is 1. The van der Waals surface area contributed by atoms with Gasteiger partial charge in [0.05, 0.1) is 6.42 Å². The third kappa shape index (κ3) is 7.56. The van der Waals surface area contributed by atoms with Crippen molar-refractivity contribution in [1.29, 1.82) is 0 Å². The van der Waals surface area contributed by atoms with E-state index in [0.717, 1.165) is 12.3 Å². The molecule has 0 aromatic carbocycles. The van der Waals surface area contributed by atoms with Crippen LogP contribution >= 0.6 is 0 Å². The van der Waals surface area contributed by atoms with Crippen molar-refractivity contribution in [3.8, 4) is 0 Å². The first-order valence-corrected chi connectivity index (χ1v) is 8.07. The van der Waals surface area contributed by atoms with E-state index in [1.807, 2.05) is 0 Å².